The van der Waals surface area contributed by atoms with Crippen LogP contribution < -0.4 is 10.9 Å². The van der Waals surface area contributed by atoms with Gasteiger partial charge in [0.2, 0.25) is 0 Å². The van der Waals surface area contributed by atoms with Gasteiger partial charge in [0.1, 0.15) is 5.82 Å². The predicted molar refractivity (Wildman–Crippen MR) is 76.5 cm³/mol. The average Bonchev–Trinajstić information content (AvgIpc) is 2.90. The van der Waals surface area contributed by atoms with Crippen LogP contribution in [0.4, 0.5) is 0 Å². The normalized spacial score (nSPS) is 10.8. The molecule has 0 spiro atoms. The number of nitrogens with zero attached hydrogens (tertiary/aromatic N) is 3. The maximum atomic E-state index is 11.6. The predicted octanol–water partition coefficient (Wildman–Crippen LogP) is 0.481. The fourth-order valence-electron chi connectivity index (χ4n) is 1.95. The highest BCUT2D eigenvalue weighted by Gasteiger charge is 2.02. The van der Waals surface area contributed by atoms with Gasteiger partial charge in [0, 0.05) is 51.4 Å². The van der Waals surface area contributed by atoms with E-state index in [-0.39, 0.29) is 5.56 Å². The van der Waals surface area contributed by atoms with Crippen LogP contribution in [0.1, 0.15) is 5.82 Å². The molecule has 1 N–H and O–H groups in total. The first-order valence-electron chi connectivity index (χ1n) is 6.66. The summed E-state index contributed by atoms with van der Waals surface area (Å²) in [5.74, 6) is 0.963. The third-order valence-corrected chi connectivity index (χ3v) is 3.05. The summed E-state index contributed by atoms with van der Waals surface area (Å²) in [6, 6.07) is 5.19. The quantitative estimate of drug-likeness (QED) is 0.713. The minimum absolute atomic E-state index is 0.0207. The summed E-state index contributed by atoms with van der Waals surface area (Å²) >= 11 is 0. The second-order valence-electron chi connectivity index (χ2n) is 4.44. The molecular weight excluding hydrogens is 256 g/mol. The second kappa shape index (κ2) is 7.62. The molecule has 0 saturated carbocycles. The smallest absolute Gasteiger partial charge is 0.250 e. The van der Waals surface area contributed by atoms with E-state index >= 15 is 0 Å². The van der Waals surface area contributed by atoms with E-state index in [9.17, 15) is 4.79 Å². The van der Waals surface area contributed by atoms with Crippen LogP contribution in [0, 0.1) is 0 Å². The first-order valence-corrected chi connectivity index (χ1v) is 6.66. The summed E-state index contributed by atoms with van der Waals surface area (Å²) in [6.07, 6.45) is 5.51. The van der Waals surface area contributed by atoms with Crippen molar-refractivity contribution in [1.29, 1.82) is 0 Å². The molecule has 2 rings (SSSR count). The van der Waals surface area contributed by atoms with Crippen molar-refractivity contribution in [3.05, 3.63) is 53.0 Å². The summed E-state index contributed by atoms with van der Waals surface area (Å²) in [5, 5.41) is 3.26. The molecule has 0 aliphatic carbocycles. The van der Waals surface area contributed by atoms with Crippen LogP contribution in [0.15, 0.2) is 41.6 Å². The molecule has 2 aromatic rings. The van der Waals surface area contributed by atoms with Crippen molar-refractivity contribution in [2.75, 3.05) is 20.3 Å². The van der Waals surface area contributed by atoms with Gasteiger partial charge in [0.05, 0.1) is 13.2 Å². The molecule has 108 valence electrons. The van der Waals surface area contributed by atoms with Crippen LogP contribution in [-0.4, -0.2) is 34.4 Å². The average molecular weight is 276 g/mol. The highest BCUT2D eigenvalue weighted by Crippen LogP contribution is 1.98. The molecule has 0 aliphatic rings. The first-order chi connectivity index (χ1) is 9.81. The van der Waals surface area contributed by atoms with Gasteiger partial charge in [0.25, 0.3) is 5.56 Å². The number of imidazole rings is 1. The third-order valence-electron chi connectivity index (χ3n) is 3.05. The first kappa shape index (κ1) is 14.5. The van der Waals surface area contributed by atoms with E-state index in [4.69, 9.17) is 4.74 Å². The van der Waals surface area contributed by atoms with Gasteiger partial charge >= 0.3 is 0 Å². The molecule has 0 amide bonds. The second-order valence-corrected chi connectivity index (χ2v) is 4.44. The van der Waals surface area contributed by atoms with Gasteiger partial charge in [-0.3, -0.25) is 4.79 Å². The Kier molecular flexibility index (Phi) is 5.52. The van der Waals surface area contributed by atoms with Gasteiger partial charge in [-0.2, -0.15) is 0 Å². The fourth-order valence-corrected chi connectivity index (χ4v) is 1.95. The zero-order valence-electron chi connectivity index (χ0n) is 11.7. The Morgan fingerprint density at radius 2 is 2.10 bits per heavy atom. The molecule has 0 fully saturated rings. The lowest BCUT2D eigenvalue weighted by Gasteiger charge is -2.10. The number of hydrogen-bond donors (Lipinski definition) is 1. The third kappa shape index (κ3) is 4.04. The van der Waals surface area contributed by atoms with Crippen LogP contribution >= 0.6 is 0 Å². The maximum absolute atomic E-state index is 11.6. The number of aromatic nitrogens is 3. The van der Waals surface area contributed by atoms with E-state index in [0.717, 1.165) is 18.9 Å². The summed E-state index contributed by atoms with van der Waals surface area (Å²) < 4.78 is 8.73. The maximum Gasteiger partial charge on any atom is 0.250 e. The number of nitrogens with one attached hydrogen (secondary N) is 1. The highest BCUT2D eigenvalue weighted by atomic mass is 16.5. The summed E-state index contributed by atoms with van der Waals surface area (Å²) in [4.78, 5) is 15.9. The minimum Gasteiger partial charge on any atom is -0.383 e. The van der Waals surface area contributed by atoms with Gasteiger partial charge < -0.3 is 19.2 Å². The van der Waals surface area contributed by atoms with Crippen molar-refractivity contribution in [2.24, 2.45) is 0 Å². The van der Waals surface area contributed by atoms with E-state index in [1.54, 1.807) is 36.2 Å². The summed E-state index contributed by atoms with van der Waals surface area (Å²) in [5.41, 5.74) is 0.0207. The van der Waals surface area contributed by atoms with E-state index in [2.05, 4.69) is 14.9 Å². The van der Waals surface area contributed by atoms with Crippen LogP contribution in [-0.2, 0) is 24.4 Å². The monoisotopic (exact) mass is 276 g/mol. The number of aryl methyl sites for hydroxylation is 2. The summed E-state index contributed by atoms with van der Waals surface area (Å²) in [6.45, 7) is 3.54. The Bertz CT molecular complexity index is 576. The molecule has 0 atom stereocenters. The van der Waals surface area contributed by atoms with Crippen LogP contribution in [0.2, 0.25) is 0 Å². The van der Waals surface area contributed by atoms with E-state index in [0.29, 0.717) is 19.7 Å². The van der Waals surface area contributed by atoms with Crippen molar-refractivity contribution in [3.63, 3.8) is 0 Å². The number of ether oxygens (including phenoxy) is 1. The zero-order valence-corrected chi connectivity index (χ0v) is 11.7. The topological polar surface area (TPSA) is 61.1 Å². The molecular formula is C14H20N4O2. The lowest BCUT2D eigenvalue weighted by atomic mass is 10.4. The van der Waals surface area contributed by atoms with Gasteiger partial charge in [-0.1, -0.05) is 6.07 Å². The minimum atomic E-state index is 0.0207. The molecule has 20 heavy (non-hydrogen) atoms. The Morgan fingerprint density at radius 1 is 1.25 bits per heavy atom. The van der Waals surface area contributed by atoms with Gasteiger partial charge in [-0.15, -0.1) is 0 Å². The SMILES string of the molecule is COCCNCc1nccn1CCn1ccccc1=O. The Morgan fingerprint density at radius 3 is 2.90 bits per heavy atom. The van der Waals surface area contributed by atoms with Crippen LogP contribution in [0.3, 0.4) is 0 Å². The molecule has 6 nitrogen and oxygen atoms in total. The van der Waals surface area contributed by atoms with Crippen molar-refractivity contribution >= 4 is 0 Å². The van der Waals surface area contributed by atoms with E-state index in [1.165, 1.54) is 0 Å². The summed E-state index contributed by atoms with van der Waals surface area (Å²) in [7, 11) is 1.68. The molecule has 0 aromatic carbocycles. The zero-order chi connectivity index (χ0) is 14.2. The molecule has 2 aromatic heterocycles. The standard InChI is InChI=1S/C14H20N4O2/c1-20-11-6-15-12-13-16-5-8-17(13)9-10-18-7-3-2-4-14(18)19/h2-5,7-8,15H,6,9-12H2,1H3. The Labute approximate surface area is 118 Å². The number of pyridine rings is 1. The Balaban J connectivity index is 1.89. The molecule has 0 bridgehead atoms. The largest absolute Gasteiger partial charge is 0.383 e. The molecule has 2 heterocycles. The molecule has 0 saturated heterocycles. The number of methoxy groups -OCH3 is 1. The van der Waals surface area contributed by atoms with Crippen LogP contribution in [0.25, 0.3) is 0 Å². The Hall–Kier alpha value is -1.92. The number of rotatable bonds is 8. The fraction of sp³-hybridized carbons (Fsp3) is 0.429. The van der Waals surface area contributed by atoms with Gasteiger partial charge in [0.15, 0.2) is 0 Å². The van der Waals surface area contributed by atoms with Crippen molar-refractivity contribution in [3.8, 4) is 0 Å². The van der Waals surface area contributed by atoms with Crippen LogP contribution in [0.5, 0.6) is 0 Å². The molecule has 6 heteroatoms. The lowest BCUT2D eigenvalue weighted by Crippen LogP contribution is -2.23. The molecule has 0 radical (unpaired) electrons. The van der Waals surface area contributed by atoms with Gasteiger partial charge in [-0.25, -0.2) is 4.98 Å². The molecule has 0 aliphatic heterocycles. The highest BCUT2D eigenvalue weighted by molar-refractivity contribution is 4.94. The number of hydrogen-bond acceptors (Lipinski definition) is 4. The van der Waals surface area contributed by atoms with Crippen molar-refractivity contribution in [1.82, 2.24) is 19.4 Å². The lowest BCUT2D eigenvalue weighted by molar-refractivity contribution is 0.198. The molecule has 0 unspecified atom stereocenters. The van der Waals surface area contributed by atoms with Crippen molar-refractivity contribution < 1.29 is 4.74 Å². The van der Waals surface area contributed by atoms with E-state index < -0.39 is 0 Å². The van der Waals surface area contributed by atoms with E-state index in [1.807, 2.05) is 12.3 Å². The van der Waals surface area contributed by atoms with Crippen molar-refractivity contribution in [2.45, 2.75) is 19.6 Å². The van der Waals surface area contributed by atoms with Gasteiger partial charge in [-0.05, 0) is 6.07 Å².